The number of rotatable bonds is 4. The highest BCUT2D eigenvalue weighted by Gasteiger charge is 2.12. The minimum absolute atomic E-state index is 0.186. The van der Waals surface area contributed by atoms with E-state index in [2.05, 4.69) is 51.2 Å². The first-order valence-corrected chi connectivity index (χ1v) is 7.06. The first kappa shape index (κ1) is 14.7. The Balaban J connectivity index is 2.10. The topological polar surface area (TPSA) is 12.0 Å². The minimum atomic E-state index is -0.191. The Bertz CT molecular complexity index is 574. The molecule has 0 fully saturated rings. The predicted octanol–water partition coefficient (Wildman–Crippen LogP) is 4.85. The van der Waals surface area contributed by atoms with Gasteiger partial charge in [0.1, 0.15) is 5.82 Å². The molecule has 0 spiro atoms. The van der Waals surface area contributed by atoms with E-state index in [-0.39, 0.29) is 17.9 Å². The summed E-state index contributed by atoms with van der Waals surface area (Å²) in [6.45, 7) is 8.52. The second-order valence-corrected chi connectivity index (χ2v) is 5.52. The van der Waals surface area contributed by atoms with Gasteiger partial charge in [-0.25, -0.2) is 4.39 Å². The summed E-state index contributed by atoms with van der Waals surface area (Å²) >= 11 is 0. The summed E-state index contributed by atoms with van der Waals surface area (Å²) < 4.78 is 12.9. The lowest BCUT2D eigenvalue weighted by atomic mass is 9.99. The molecule has 0 aliphatic rings. The minimum Gasteiger partial charge on any atom is -0.304 e. The lowest BCUT2D eigenvalue weighted by Gasteiger charge is -2.22. The summed E-state index contributed by atoms with van der Waals surface area (Å²) in [6, 6.07) is 13.7. The molecule has 0 heterocycles. The predicted molar refractivity (Wildman–Crippen MR) is 82.3 cm³/mol. The van der Waals surface area contributed by atoms with Crippen LogP contribution >= 0.6 is 0 Å². The standard InChI is InChI=1S/C18H22FN/c1-12-5-10-18(13(2)11-12)15(4)20-14(3)16-6-8-17(19)9-7-16/h5-11,14-15,20H,1-4H3. The molecular formula is C18H22FN. The third-order valence-corrected chi connectivity index (χ3v) is 3.76. The van der Waals surface area contributed by atoms with Gasteiger partial charge in [-0.05, 0) is 56.5 Å². The van der Waals surface area contributed by atoms with Gasteiger partial charge in [0, 0.05) is 12.1 Å². The van der Waals surface area contributed by atoms with Crippen molar-refractivity contribution in [3.63, 3.8) is 0 Å². The van der Waals surface area contributed by atoms with Gasteiger partial charge in [0.15, 0.2) is 0 Å². The van der Waals surface area contributed by atoms with Crippen molar-refractivity contribution in [1.29, 1.82) is 0 Å². The normalized spacial score (nSPS) is 14.1. The van der Waals surface area contributed by atoms with E-state index in [1.807, 2.05) is 12.1 Å². The second-order valence-electron chi connectivity index (χ2n) is 5.52. The number of benzene rings is 2. The Kier molecular flexibility index (Phi) is 4.56. The van der Waals surface area contributed by atoms with Gasteiger partial charge in [-0.15, -0.1) is 0 Å². The van der Waals surface area contributed by atoms with Gasteiger partial charge in [-0.2, -0.15) is 0 Å². The number of nitrogens with one attached hydrogen (secondary N) is 1. The molecule has 1 N–H and O–H groups in total. The number of hydrogen-bond acceptors (Lipinski definition) is 1. The van der Waals surface area contributed by atoms with Crippen LogP contribution in [0.5, 0.6) is 0 Å². The van der Waals surface area contributed by atoms with Crippen LogP contribution in [0.15, 0.2) is 42.5 Å². The molecular weight excluding hydrogens is 249 g/mol. The van der Waals surface area contributed by atoms with Gasteiger partial charge in [0.25, 0.3) is 0 Å². The van der Waals surface area contributed by atoms with Crippen LogP contribution in [0.25, 0.3) is 0 Å². The highest BCUT2D eigenvalue weighted by atomic mass is 19.1. The van der Waals surface area contributed by atoms with Crippen molar-refractivity contribution in [2.24, 2.45) is 0 Å². The highest BCUT2D eigenvalue weighted by Crippen LogP contribution is 2.22. The van der Waals surface area contributed by atoms with Gasteiger partial charge in [-0.3, -0.25) is 0 Å². The van der Waals surface area contributed by atoms with E-state index in [1.54, 1.807) is 0 Å². The van der Waals surface area contributed by atoms with Crippen molar-refractivity contribution in [3.05, 3.63) is 70.5 Å². The first-order chi connectivity index (χ1) is 9.47. The van der Waals surface area contributed by atoms with E-state index in [0.717, 1.165) is 5.56 Å². The van der Waals surface area contributed by atoms with Gasteiger partial charge >= 0.3 is 0 Å². The molecule has 2 aromatic rings. The molecule has 0 aromatic heterocycles. The molecule has 0 aliphatic carbocycles. The Morgan fingerprint density at radius 3 is 2.15 bits per heavy atom. The van der Waals surface area contributed by atoms with E-state index < -0.39 is 0 Å². The van der Waals surface area contributed by atoms with Crippen molar-refractivity contribution in [2.45, 2.75) is 39.8 Å². The molecule has 0 saturated heterocycles. The number of hydrogen-bond donors (Lipinski definition) is 1. The molecule has 2 atom stereocenters. The van der Waals surface area contributed by atoms with Crippen LogP contribution in [0.1, 0.15) is 48.2 Å². The van der Waals surface area contributed by atoms with Crippen LogP contribution in [-0.2, 0) is 0 Å². The maximum atomic E-state index is 12.9. The van der Waals surface area contributed by atoms with Crippen LogP contribution in [-0.4, -0.2) is 0 Å². The molecule has 2 heteroatoms. The Labute approximate surface area is 120 Å². The van der Waals surface area contributed by atoms with E-state index >= 15 is 0 Å². The van der Waals surface area contributed by atoms with Crippen molar-refractivity contribution in [3.8, 4) is 0 Å². The van der Waals surface area contributed by atoms with Crippen LogP contribution in [0.4, 0.5) is 4.39 Å². The largest absolute Gasteiger partial charge is 0.304 e. The molecule has 2 aromatic carbocycles. The number of aryl methyl sites for hydroxylation is 2. The molecule has 0 amide bonds. The van der Waals surface area contributed by atoms with E-state index in [4.69, 9.17) is 0 Å². The zero-order valence-corrected chi connectivity index (χ0v) is 12.6. The molecule has 20 heavy (non-hydrogen) atoms. The molecule has 106 valence electrons. The maximum absolute atomic E-state index is 12.9. The second kappa shape index (κ2) is 6.19. The SMILES string of the molecule is Cc1ccc(C(C)NC(C)c2ccc(F)cc2)c(C)c1. The summed E-state index contributed by atoms with van der Waals surface area (Å²) in [6.07, 6.45) is 0. The van der Waals surface area contributed by atoms with E-state index in [0.29, 0.717) is 0 Å². The van der Waals surface area contributed by atoms with E-state index in [9.17, 15) is 4.39 Å². The summed E-state index contributed by atoms with van der Waals surface area (Å²) in [4.78, 5) is 0. The lowest BCUT2D eigenvalue weighted by molar-refractivity contribution is 0.492. The van der Waals surface area contributed by atoms with Crippen LogP contribution in [0, 0.1) is 19.7 Å². The third-order valence-electron chi connectivity index (χ3n) is 3.76. The van der Waals surface area contributed by atoms with Gasteiger partial charge in [0.2, 0.25) is 0 Å². The van der Waals surface area contributed by atoms with Crippen molar-refractivity contribution in [2.75, 3.05) is 0 Å². The highest BCUT2D eigenvalue weighted by molar-refractivity contribution is 5.32. The maximum Gasteiger partial charge on any atom is 0.123 e. The fourth-order valence-corrected chi connectivity index (χ4v) is 2.62. The fourth-order valence-electron chi connectivity index (χ4n) is 2.62. The molecule has 0 radical (unpaired) electrons. The van der Waals surface area contributed by atoms with Gasteiger partial charge < -0.3 is 5.32 Å². The summed E-state index contributed by atoms with van der Waals surface area (Å²) in [5, 5.41) is 3.57. The fraction of sp³-hybridized carbons (Fsp3) is 0.333. The Morgan fingerprint density at radius 2 is 1.55 bits per heavy atom. The Morgan fingerprint density at radius 1 is 0.900 bits per heavy atom. The molecule has 2 rings (SSSR count). The number of halogens is 1. The molecule has 0 bridgehead atoms. The van der Waals surface area contributed by atoms with Gasteiger partial charge in [-0.1, -0.05) is 35.9 Å². The van der Waals surface area contributed by atoms with Crippen molar-refractivity contribution in [1.82, 2.24) is 5.32 Å². The average molecular weight is 271 g/mol. The van der Waals surface area contributed by atoms with Crippen molar-refractivity contribution >= 4 is 0 Å². The molecule has 1 nitrogen and oxygen atoms in total. The molecule has 2 unspecified atom stereocenters. The smallest absolute Gasteiger partial charge is 0.123 e. The van der Waals surface area contributed by atoms with Crippen LogP contribution < -0.4 is 5.32 Å². The van der Waals surface area contributed by atoms with Crippen LogP contribution in [0.2, 0.25) is 0 Å². The van der Waals surface area contributed by atoms with E-state index in [1.165, 1.54) is 28.8 Å². The van der Waals surface area contributed by atoms with Crippen molar-refractivity contribution < 1.29 is 4.39 Å². The Hall–Kier alpha value is -1.67. The third kappa shape index (κ3) is 3.45. The molecule has 0 saturated carbocycles. The first-order valence-electron chi connectivity index (χ1n) is 7.06. The zero-order chi connectivity index (χ0) is 14.7. The summed E-state index contributed by atoms with van der Waals surface area (Å²) in [5.74, 6) is -0.191. The lowest BCUT2D eigenvalue weighted by Crippen LogP contribution is -2.23. The average Bonchev–Trinajstić information content (AvgIpc) is 2.39. The monoisotopic (exact) mass is 271 g/mol. The van der Waals surface area contributed by atoms with Crippen LogP contribution in [0.3, 0.4) is 0 Å². The van der Waals surface area contributed by atoms with Gasteiger partial charge in [0.05, 0.1) is 0 Å². The zero-order valence-electron chi connectivity index (χ0n) is 12.6. The quantitative estimate of drug-likeness (QED) is 0.837. The summed E-state index contributed by atoms with van der Waals surface area (Å²) in [7, 11) is 0. The summed E-state index contributed by atoms with van der Waals surface area (Å²) in [5.41, 5.74) is 4.99. The molecule has 0 aliphatic heterocycles.